The molecule has 3 rings (SSSR count). The summed E-state index contributed by atoms with van der Waals surface area (Å²) in [5.74, 6) is -0.504. The summed E-state index contributed by atoms with van der Waals surface area (Å²) in [4.78, 5) is 15.2. The van der Waals surface area contributed by atoms with Gasteiger partial charge in [-0.1, -0.05) is 5.16 Å². The van der Waals surface area contributed by atoms with Crippen LogP contribution in [-0.2, 0) is 11.2 Å². The molecule has 1 N–H and O–H groups in total. The lowest BCUT2D eigenvalue weighted by Gasteiger charge is -2.01. The van der Waals surface area contributed by atoms with Crippen LogP contribution in [0.25, 0.3) is 5.69 Å². The molecule has 1 amide bonds. The molecular formula is C13H10FN5O2. The third-order valence-corrected chi connectivity index (χ3v) is 2.66. The smallest absolute Gasteiger partial charge is 0.231 e. The average molecular weight is 287 g/mol. The van der Waals surface area contributed by atoms with Gasteiger partial charge < -0.3 is 9.84 Å². The van der Waals surface area contributed by atoms with Crippen molar-refractivity contribution >= 4 is 11.7 Å². The minimum Gasteiger partial charge on any atom is -0.364 e. The Labute approximate surface area is 118 Å². The summed E-state index contributed by atoms with van der Waals surface area (Å²) in [6.45, 7) is 0. The normalized spacial score (nSPS) is 10.5. The van der Waals surface area contributed by atoms with Crippen LogP contribution < -0.4 is 5.32 Å². The van der Waals surface area contributed by atoms with Crippen LogP contribution in [0.5, 0.6) is 0 Å². The first-order chi connectivity index (χ1) is 10.2. The minimum absolute atomic E-state index is 0.0905. The fourth-order valence-corrected chi connectivity index (χ4v) is 1.75. The van der Waals surface area contributed by atoms with Crippen molar-refractivity contribution in [2.45, 2.75) is 6.42 Å². The minimum atomic E-state index is -0.598. The predicted octanol–water partition coefficient (Wildman–Crippen LogP) is 1.58. The lowest BCUT2D eigenvalue weighted by atomic mass is 10.3. The Kier molecular flexibility index (Phi) is 3.42. The molecule has 0 unspecified atom stereocenters. The summed E-state index contributed by atoms with van der Waals surface area (Å²) in [5.41, 5.74) is 1.04. The second-order valence-corrected chi connectivity index (χ2v) is 4.20. The molecule has 8 heteroatoms. The highest BCUT2D eigenvalue weighted by Gasteiger charge is 2.09. The van der Waals surface area contributed by atoms with Crippen molar-refractivity contribution in [3.05, 3.63) is 54.6 Å². The standard InChI is InChI=1S/C13H10FN5O2/c14-11-8-10(1-4-15-11)19-5-2-12(17-19)16-13(20)7-9-3-6-21-18-9/h1-6,8H,7H2,(H,16,17,20). The molecule has 106 valence electrons. The number of nitrogens with zero attached hydrogens (tertiary/aromatic N) is 4. The van der Waals surface area contributed by atoms with E-state index >= 15 is 0 Å². The van der Waals surface area contributed by atoms with Gasteiger partial charge in [0.2, 0.25) is 11.9 Å². The molecule has 3 aromatic heterocycles. The highest BCUT2D eigenvalue weighted by molar-refractivity contribution is 5.91. The van der Waals surface area contributed by atoms with E-state index in [4.69, 9.17) is 0 Å². The van der Waals surface area contributed by atoms with Gasteiger partial charge in [-0.15, -0.1) is 0 Å². The maximum atomic E-state index is 13.0. The van der Waals surface area contributed by atoms with Crippen molar-refractivity contribution < 1.29 is 13.7 Å². The molecule has 0 radical (unpaired) electrons. The van der Waals surface area contributed by atoms with Crippen molar-refractivity contribution in [1.82, 2.24) is 19.9 Å². The van der Waals surface area contributed by atoms with Gasteiger partial charge in [0, 0.05) is 30.6 Å². The molecule has 3 heterocycles. The third-order valence-electron chi connectivity index (χ3n) is 2.66. The summed E-state index contributed by atoms with van der Waals surface area (Å²) in [6, 6.07) is 6.07. The van der Waals surface area contributed by atoms with Crippen molar-refractivity contribution in [2.75, 3.05) is 5.32 Å². The molecule has 0 saturated carbocycles. The van der Waals surface area contributed by atoms with Crippen molar-refractivity contribution in [3.63, 3.8) is 0 Å². The molecule has 3 aromatic rings. The Morgan fingerprint density at radius 3 is 3.05 bits per heavy atom. The molecular weight excluding hydrogens is 277 g/mol. The number of aromatic nitrogens is 4. The number of pyridine rings is 1. The maximum absolute atomic E-state index is 13.0. The molecule has 0 aliphatic rings. The third kappa shape index (κ3) is 3.11. The van der Waals surface area contributed by atoms with Gasteiger partial charge in [0.25, 0.3) is 0 Å². The molecule has 0 bridgehead atoms. The SMILES string of the molecule is O=C(Cc1ccon1)Nc1ccn(-c2ccnc(F)c2)n1. The van der Waals surface area contributed by atoms with E-state index in [1.165, 1.54) is 23.2 Å². The Balaban J connectivity index is 1.69. The second-order valence-electron chi connectivity index (χ2n) is 4.20. The van der Waals surface area contributed by atoms with E-state index in [0.29, 0.717) is 17.2 Å². The fraction of sp³-hybridized carbons (Fsp3) is 0.0769. The number of nitrogens with one attached hydrogen (secondary N) is 1. The Hall–Kier alpha value is -3.03. The maximum Gasteiger partial charge on any atom is 0.231 e. The number of hydrogen-bond donors (Lipinski definition) is 1. The molecule has 7 nitrogen and oxygen atoms in total. The van der Waals surface area contributed by atoms with E-state index in [0.717, 1.165) is 0 Å². The molecule has 0 atom stereocenters. The van der Waals surface area contributed by atoms with Crippen LogP contribution in [0.1, 0.15) is 5.69 Å². The fourth-order valence-electron chi connectivity index (χ4n) is 1.75. The first kappa shape index (κ1) is 13.0. The highest BCUT2D eigenvalue weighted by atomic mass is 19.1. The lowest BCUT2D eigenvalue weighted by Crippen LogP contribution is -2.15. The summed E-state index contributed by atoms with van der Waals surface area (Å²) in [5, 5.41) is 10.4. The zero-order chi connectivity index (χ0) is 14.7. The van der Waals surface area contributed by atoms with Crippen molar-refractivity contribution in [2.24, 2.45) is 0 Å². The van der Waals surface area contributed by atoms with Crippen molar-refractivity contribution in [3.8, 4) is 5.69 Å². The van der Waals surface area contributed by atoms with E-state index in [9.17, 15) is 9.18 Å². The molecule has 0 fully saturated rings. The predicted molar refractivity (Wildman–Crippen MR) is 70.2 cm³/mol. The van der Waals surface area contributed by atoms with Gasteiger partial charge in [-0.2, -0.15) is 9.49 Å². The summed E-state index contributed by atoms with van der Waals surface area (Å²) in [7, 11) is 0. The largest absolute Gasteiger partial charge is 0.364 e. The monoisotopic (exact) mass is 287 g/mol. The van der Waals surface area contributed by atoms with Crippen LogP contribution in [0, 0.1) is 5.95 Å². The van der Waals surface area contributed by atoms with E-state index < -0.39 is 5.95 Å². The van der Waals surface area contributed by atoms with Gasteiger partial charge in [0.15, 0.2) is 5.82 Å². The highest BCUT2D eigenvalue weighted by Crippen LogP contribution is 2.11. The van der Waals surface area contributed by atoms with Crippen LogP contribution >= 0.6 is 0 Å². The number of carbonyl (C=O) groups excluding carboxylic acids is 1. The van der Waals surface area contributed by atoms with Gasteiger partial charge >= 0.3 is 0 Å². The average Bonchev–Trinajstić information content (AvgIpc) is 3.10. The molecule has 0 aromatic carbocycles. The van der Waals surface area contributed by atoms with Crippen LogP contribution in [0.15, 0.2) is 47.4 Å². The number of amides is 1. The van der Waals surface area contributed by atoms with Gasteiger partial charge in [-0.25, -0.2) is 9.67 Å². The Bertz CT molecular complexity index is 754. The summed E-state index contributed by atoms with van der Waals surface area (Å²) >= 11 is 0. The van der Waals surface area contributed by atoms with Crippen LogP contribution in [-0.4, -0.2) is 25.8 Å². The number of hydrogen-bond acceptors (Lipinski definition) is 5. The van der Waals surface area contributed by atoms with Gasteiger partial charge in [0.05, 0.1) is 17.8 Å². The first-order valence-electron chi connectivity index (χ1n) is 6.07. The van der Waals surface area contributed by atoms with Crippen LogP contribution in [0.2, 0.25) is 0 Å². The summed E-state index contributed by atoms with van der Waals surface area (Å²) < 4.78 is 19.1. The topological polar surface area (TPSA) is 85.8 Å². The molecule has 0 spiro atoms. The number of rotatable bonds is 4. The van der Waals surface area contributed by atoms with Gasteiger partial charge in [-0.05, 0) is 6.07 Å². The van der Waals surface area contributed by atoms with E-state index in [1.807, 2.05) is 0 Å². The first-order valence-corrected chi connectivity index (χ1v) is 6.07. The van der Waals surface area contributed by atoms with Crippen molar-refractivity contribution in [1.29, 1.82) is 0 Å². The molecule has 0 saturated heterocycles. The van der Waals surface area contributed by atoms with Crippen LogP contribution in [0.3, 0.4) is 0 Å². The van der Waals surface area contributed by atoms with E-state index in [1.54, 1.807) is 24.4 Å². The van der Waals surface area contributed by atoms with Gasteiger partial charge in [-0.3, -0.25) is 4.79 Å². The summed E-state index contributed by atoms with van der Waals surface area (Å²) in [6.07, 6.45) is 4.44. The number of halogens is 1. The Morgan fingerprint density at radius 1 is 1.38 bits per heavy atom. The number of carbonyl (C=O) groups is 1. The molecule has 21 heavy (non-hydrogen) atoms. The van der Waals surface area contributed by atoms with E-state index in [2.05, 4.69) is 25.1 Å². The second kappa shape index (κ2) is 5.53. The molecule has 0 aliphatic heterocycles. The zero-order valence-electron chi connectivity index (χ0n) is 10.7. The van der Waals surface area contributed by atoms with E-state index in [-0.39, 0.29) is 12.3 Å². The zero-order valence-corrected chi connectivity index (χ0v) is 10.7. The Morgan fingerprint density at radius 2 is 2.29 bits per heavy atom. The lowest BCUT2D eigenvalue weighted by molar-refractivity contribution is -0.115. The van der Waals surface area contributed by atoms with Gasteiger partial charge in [0.1, 0.15) is 6.26 Å². The number of anilines is 1. The van der Waals surface area contributed by atoms with Crippen LogP contribution in [0.4, 0.5) is 10.2 Å². The molecule has 0 aliphatic carbocycles. The quantitative estimate of drug-likeness (QED) is 0.736.